The Morgan fingerprint density at radius 2 is 2.28 bits per heavy atom. The lowest BCUT2D eigenvalue weighted by Gasteiger charge is -2.03. The van der Waals surface area contributed by atoms with Gasteiger partial charge in [-0.3, -0.25) is 4.79 Å². The number of rotatable bonds is 5. The first-order valence-electron chi connectivity index (χ1n) is 5.53. The number of nitrogens with zero attached hydrogens (tertiary/aromatic N) is 3. The van der Waals surface area contributed by atoms with Gasteiger partial charge in [-0.05, 0) is 19.1 Å². The first kappa shape index (κ1) is 12.4. The Morgan fingerprint density at radius 3 is 2.89 bits per heavy atom. The molecule has 1 amide bonds. The van der Waals surface area contributed by atoms with Crippen molar-refractivity contribution in [1.29, 1.82) is 0 Å². The summed E-state index contributed by atoms with van der Waals surface area (Å²) in [6, 6.07) is 3.37. The van der Waals surface area contributed by atoms with Crippen molar-refractivity contribution in [1.82, 2.24) is 20.5 Å². The topological polar surface area (TPSA) is 79.8 Å². The zero-order chi connectivity index (χ0) is 12.8. The van der Waals surface area contributed by atoms with Crippen LogP contribution in [0.5, 0.6) is 0 Å². The highest BCUT2D eigenvalue weighted by atomic mass is 32.1. The van der Waals surface area contributed by atoms with Crippen LogP contribution in [-0.4, -0.2) is 27.6 Å². The molecular weight excluding hydrogens is 250 g/mol. The molecule has 0 spiro atoms. The van der Waals surface area contributed by atoms with Gasteiger partial charge >= 0.3 is 0 Å². The van der Waals surface area contributed by atoms with Crippen molar-refractivity contribution in [3.8, 4) is 0 Å². The molecule has 0 saturated carbocycles. The molecule has 2 heterocycles. The average Bonchev–Trinajstić information content (AvgIpc) is 2.90. The molecule has 18 heavy (non-hydrogen) atoms. The average molecular weight is 263 g/mol. The second-order valence-electron chi connectivity index (χ2n) is 3.44. The highest BCUT2D eigenvalue weighted by Gasteiger charge is 2.08. The molecule has 2 N–H and O–H groups in total. The van der Waals surface area contributed by atoms with E-state index in [1.54, 1.807) is 18.3 Å². The molecule has 94 valence electrons. The molecule has 2 aromatic rings. The fourth-order valence-electron chi connectivity index (χ4n) is 1.32. The van der Waals surface area contributed by atoms with E-state index in [1.807, 2.05) is 12.3 Å². The number of carbonyl (C=O) groups is 1. The van der Waals surface area contributed by atoms with Gasteiger partial charge in [-0.2, -0.15) is 0 Å². The highest BCUT2D eigenvalue weighted by Crippen LogP contribution is 2.04. The summed E-state index contributed by atoms with van der Waals surface area (Å²) < 4.78 is 0. The van der Waals surface area contributed by atoms with Gasteiger partial charge < -0.3 is 10.6 Å². The molecule has 2 rings (SSSR count). The fourth-order valence-corrected chi connectivity index (χ4v) is 1.87. The first-order chi connectivity index (χ1) is 8.79. The summed E-state index contributed by atoms with van der Waals surface area (Å²) in [4.78, 5) is 15.8. The number of aromatic nitrogens is 3. The summed E-state index contributed by atoms with van der Waals surface area (Å²) >= 11 is 1.50. The van der Waals surface area contributed by atoms with Crippen molar-refractivity contribution < 1.29 is 4.79 Å². The predicted octanol–water partition coefficient (Wildman–Crippen LogP) is 1.29. The second kappa shape index (κ2) is 6.06. The minimum Gasteiger partial charge on any atom is -0.369 e. The lowest BCUT2D eigenvalue weighted by Crippen LogP contribution is -2.24. The molecule has 0 atom stereocenters. The van der Waals surface area contributed by atoms with Gasteiger partial charge in [-0.1, -0.05) is 0 Å². The summed E-state index contributed by atoms with van der Waals surface area (Å²) in [5.74, 6) is 0.412. The van der Waals surface area contributed by atoms with E-state index < -0.39 is 0 Å². The number of hydrogen-bond acceptors (Lipinski definition) is 6. The van der Waals surface area contributed by atoms with Gasteiger partial charge in [0.2, 0.25) is 0 Å². The monoisotopic (exact) mass is 263 g/mol. The third-order valence-corrected chi connectivity index (χ3v) is 2.92. The minimum absolute atomic E-state index is 0.249. The standard InChI is InChI=1S/C11H13N5OS/c1-2-12-9-4-3-8(15-16-9)11(17)14-7-10-13-5-6-18-10/h3-6H,2,7H2,1H3,(H,12,16)(H,14,17). The Hall–Kier alpha value is -2.02. The molecule has 0 aliphatic carbocycles. The number of amides is 1. The molecule has 0 bridgehead atoms. The smallest absolute Gasteiger partial charge is 0.272 e. The third kappa shape index (κ3) is 3.24. The van der Waals surface area contributed by atoms with Crippen molar-refractivity contribution in [2.24, 2.45) is 0 Å². The van der Waals surface area contributed by atoms with E-state index in [9.17, 15) is 4.79 Å². The van der Waals surface area contributed by atoms with Crippen LogP contribution in [0.2, 0.25) is 0 Å². The Kier molecular flexibility index (Phi) is 4.19. The number of thiazole rings is 1. The summed E-state index contributed by atoms with van der Waals surface area (Å²) in [5, 5.41) is 16.2. The van der Waals surface area contributed by atoms with Crippen molar-refractivity contribution in [3.63, 3.8) is 0 Å². The van der Waals surface area contributed by atoms with Gasteiger partial charge in [0, 0.05) is 18.1 Å². The molecule has 2 aromatic heterocycles. The van der Waals surface area contributed by atoms with Gasteiger partial charge in [0.25, 0.3) is 5.91 Å². The molecular formula is C11H13N5OS. The van der Waals surface area contributed by atoms with Gasteiger partial charge in [0.15, 0.2) is 5.69 Å². The minimum atomic E-state index is -0.249. The fraction of sp³-hybridized carbons (Fsp3) is 0.273. The lowest BCUT2D eigenvalue weighted by atomic mass is 10.3. The molecule has 7 heteroatoms. The van der Waals surface area contributed by atoms with E-state index in [0.717, 1.165) is 11.6 Å². The van der Waals surface area contributed by atoms with Gasteiger partial charge in [-0.25, -0.2) is 4.98 Å². The van der Waals surface area contributed by atoms with Crippen LogP contribution < -0.4 is 10.6 Å². The Labute approximate surface area is 108 Å². The maximum Gasteiger partial charge on any atom is 0.272 e. The highest BCUT2D eigenvalue weighted by molar-refractivity contribution is 7.09. The van der Waals surface area contributed by atoms with Crippen molar-refractivity contribution >= 4 is 23.1 Å². The van der Waals surface area contributed by atoms with Crippen LogP contribution in [0, 0.1) is 0 Å². The first-order valence-corrected chi connectivity index (χ1v) is 6.41. The summed E-state index contributed by atoms with van der Waals surface area (Å²) in [7, 11) is 0. The molecule has 0 aliphatic rings. The summed E-state index contributed by atoms with van der Waals surface area (Å²) in [5.41, 5.74) is 0.299. The van der Waals surface area contributed by atoms with Crippen LogP contribution in [0.1, 0.15) is 22.4 Å². The lowest BCUT2D eigenvalue weighted by molar-refractivity contribution is 0.0945. The quantitative estimate of drug-likeness (QED) is 0.849. The maximum atomic E-state index is 11.8. The Morgan fingerprint density at radius 1 is 1.39 bits per heavy atom. The molecule has 0 aliphatic heterocycles. The zero-order valence-corrected chi connectivity index (χ0v) is 10.7. The summed E-state index contributed by atoms with van der Waals surface area (Å²) in [6.45, 7) is 3.15. The Balaban J connectivity index is 1.92. The van der Waals surface area contributed by atoms with E-state index in [-0.39, 0.29) is 5.91 Å². The van der Waals surface area contributed by atoms with E-state index in [2.05, 4.69) is 25.8 Å². The van der Waals surface area contributed by atoms with Crippen LogP contribution in [0.25, 0.3) is 0 Å². The van der Waals surface area contributed by atoms with Crippen molar-refractivity contribution in [2.45, 2.75) is 13.5 Å². The number of nitrogens with one attached hydrogen (secondary N) is 2. The van der Waals surface area contributed by atoms with E-state index in [4.69, 9.17) is 0 Å². The zero-order valence-electron chi connectivity index (χ0n) is 9.88. The largest absolute Gasteiger partial charge is 0.369 e. The normalized spacial score (nSPS) is 10.1. The van der Waals surface area contributed by atoms with Crippen LogP contribution >= 0.6 is 11.3 Å². The van der Waals surface area contributed by atoms with Crippen LogP contribution in [0.3, 0.4) is 0 Å². The number of anilines is 1. The second-order valence-corrected chi connectivity index (χ2v) is 4.42. The van der Waals surface area contributed by atoms with Gasteiger partial charge in [0.05, 0.1) is 6.54 Å². The van der Waals surface area contributed by atoms with E-state index in [1.165, 1.54) is 11.3 Å². The molecule has 0 fully saturated rings. The van der Waals surface area contributed by atoms with E-state index in [0.29, 0.717) is 18.1 Å². The predicted molar refractivity (Wildman–Crippen MR) is 69.5 cm³/mol. The van der Waals surface area contributed by atoms with E-state index >= 15 is 0 Å². The number of hydrogen-bond donors (Lipinski definition) is 2. The molecule has 6 nitrogen and oxygen atoms in total. The maximum absolute atomic E-state index is 11.8. The van der Waals surface area contributed by atoms with Gasteiger partial charge in [0.1, 0.15) is 10.8 Å². The molecule has 0 aromatic carbocycles. The third-order valence-electron chi connectivity index (χ3n) is 2.14. The van der Waals surface area contributed by atoms with Crippen molar-refractivity contribution in [3.05, 3.63) is 34.4 Å². The summed E-state index contributed by atoms with van der Waals surface area (Å²) in [6.07, 6.45) is 1.71. The SMILES string of the molecule is CCNc1ccc(C(=O)NCc2nccs2)nn1. The number of carbonyl (C=O) groups excluding carboxylic acids is 1. The molecule has 0 saturated heterocycles. The molecule has 0 radical (unpaired) electrons. The van der Waals surface area contributed by atoms with Crippen LogP contribution in [0.4, 0.5) is 5.82 Å². The van der Waals surface area contributed by atoms with Crippen LogP contribution in [0.15, 0.2) is 23.7 Å². The van der Waals surface area contributed by atoms with Gasteiger partial charge in [-0.15, -0.1) is 21.5 Å². The van der Waals surface area contributed by atoms with Crippen LogP contribution in [-0.2, 0) is 6.54 Å². The molecule has 0 unspecified atom stereocenters. The Bertz CT molecular complexity index is 497. The van der Waals surface area contributed by atoms with Crippen molar-refractivity contribution in [2.75, 3.05) is 11.9 Å².